The van der Waals surface area contributed by atoms with Gasteiger partial charge in [0, 0.05) is 15.2 Å². The molecule has 0 radical (unpaired) electrons. The summed E-state index contributed by atoms with van der Waals surface area (Å²) in [6, 6.07) is 14.0. The lowest BCUT2D eigenvalue weighted by Crippen LogP contribution is -2.24. The maximum Gasteiger partial charge on any atom is 0.130 e. The van der Waals surface area contributed by atoms with Crippen molar-refractivity contribution in [2.24, 2.45) is 0 Å². The minimum atomic E-state index is -0.0936. The van der Waals surface area contributed by atoms with Gasteiger partial charge in [0.2, 0.25) is 0 Å². The first-order valence-electron chi connectivity index (χ1n) is 6.84. The maximum absolute atomic E-state index is 14.3. The van der Waals surface area contributed by atoms with Crippen LogP contribution in [0.25, 0.3) is 0 Å². The molecule has 0 saturated heterocycles. The maximum atomic E-state index is 14.3. The minimum Gasteiger partial charge on any atom is -0.310 e. The van der Waals surface area contributed by atoms with Crippen LogP contribution in [0.4, 0.5) is 4.39 Å². The molecule has 0 aliphatic heterocycles. The standard InChI is InChI=1S/C17H19FIN/c1-3-20-16(11-13-7-9-14(19)10-8-13)15-6-4-5-12(2)17(15)18/h4-10,16,20H,3,11H2,1-2H3. The number of aryl methyl sites for hydroxylation is 1. The van der Waals surface area contributed by atoms with Gasteiger partial charge < -0.3 is 5.32 Å². The van der Waals surface area contributed by atoms with Gasteiger partial charge in [-0.2, -0.15) is 0 Å². The lowest BCUT2D eigenvalue weighted by Gasteiger charge is -2.20. The number of likely N-dealkylation sites (N-methyl/N-ethyl adjacent to an activating group) is 1. The van der Waals surface area contributed by atoms with Crippen molar-refractivity contribution in [1.82, 2.24) is 5.32 Å². The van der Waals surface area contributed by atoms with Crippen LogP contribution in [-0.2, 0) is 6.42 Å². The largest absolute Gasteiger partial charge is 0.310 e. The van der Waals surface area contributed by atoms with Crippen LogP contribution in [-0.4, -0.2) is 6.54 Å². The summed E-state index contributed by atoms with van der Waals surface area (Å²) in [6.07, 6.45) is 0.797. The summed E-state index contributed by atoms with van der Waals surface area (Å²) in [6.45, 7) is 4.68. The number of hydrogen-bond donors (Lipinski definition) is 1. The number of nitrogens with one attached hydrogen (secondary N) is 1. The van der Waals surface area contributed by atoms with Crippen LogP contribution >= 0.6 is 22.6 Å². The highest BCUT2D eigenvalue weighted by atomic mass is 127. The minimum absolute atomic E-state index is 0.0139. The first-order chi connectivity index (χ1) is 9.61. The highest BCUT2D eigenvalue weighted by molar-refractivity contribution is 14.1. The molecule has 0 aliphatic rings. The van der Waals surface area contributed by atoms with Gasteiger partial charge in [-0.1, -0.05) is 37.3 Å². The molecule has 0 spiro atoms. The van der Waals surface area contributed by atoms with Crippen LogP contribution in [0.5, 0.6) is 0 Å². The van der Waals surface area contributed by atoms with E-state index in [1.807, 2.05) is 25.1 Å². The molecule has 0 saturated carbocycles. The average molecular weight is 383 g/mol. The van der Waals surface area contributed by atoms with Crippen molar-refractivity contribution >= 4 is 22.6 Å². The highest BCUT2D eigenvalue weighted by Crippen LogP contribution is 2.23. The Morgan fingerprint density at radius 1 is 1.15 bits per heavy atom. The molecule has 0 aliphatic carbocycles. The van der Waals surface area contributed by atoms with E-state index in [4.69, 9.17) is 0 Å². The molecule has 1 unspecified atom stereocenters. The van der Waals surface area contributed by atoms with Gasteiger partial charge in [-0.25, -0.2) is 4.39 Å². The van der Waals surface area contributed by atoms with Crippen LogP contribution in [0.2, 0.25) is 0 Å². The van der Waals surface area contributed by atoms with E-state index in [-0.39, 0.29) is 11.9 Å². The molecule has 2 aromatic carbocycles. The third-order valence-electron chi connectivity index (χ3n) is 3.40. The molecule has 1 nitrogen and oxygen atoms in total. The van der Waals surface area contributed by atoms with Gasteiger partial charge >= 0.3 is 0 Å². The fourth-order valence-electron chi connectivity index (χ4n) is 2.33. The summed E-state index contributed by atoms with van der Waals surface area (Å²) in [5.74, 6) is -0.0936. The number of halogens is 2. The molecule has 0 fully saturated rings. The van der Waals surface area contributed by atoms with Crippen LogP contribution < -0.4 is 5.32 Å². The molecular formula is C17H19FIN. The van der Waals surface area contributed by atoms with E-state index in [9.17, 15) is 4.39 Å². The third-order valence-corrected chi connectivity index (χ3v) is 4.12. The zero-order valence-electron chi connectivity index (χ0n) is 11.8. The van der Waals surface area contributed by atoms with Crippen LogP contribution in [0, 0.1) is 16.3 Å². The van der Waals surface area contributed by atoms with E-state index in [1.54, 1.807) is 0 Å². The Kier molecular flexibility index (Phi) is 5.54. The van der Waals surface area contributed by atoms with Gasteiger partial charge in [0.15, 0.2) is 0 Å². The highest BCUT2D eigenvalue weighted by Gasteiger charge is 2.16. The van der Waals surface area contributed by atoms with Gasteiger partial charge in [0.25, 0.3) is 0 Å². The predicted octanol–water partition coefficient (Wildman–Crippen LogP) is 4.63. The van der Waals surface area contributed by atoms with E-state index < -0.39 is 0 Å². The van der Waals surface area contributed by atoms with E-state index in [1.165, 1.54) is 9.13 Å². The van der Waals surface area contributed by atoms with E-state index in [0.29, 0.717) is 5.56 Å². The Balaban J connectivity index is 2.26. The van der Waals surface area contributed by atoms with Crippen molar-refractivity contribution < 1.29 is 4.39 Å². The predicted molar refractivity (Wildman–Crippen MR) is 90.4 cm³/mol. The van der Waals surface area contributed by atoms with Crippen LogP contribution in [0.3, 0.4) is 0 Å². The Labute approximate surface area is 133 Å². The number of benzene rings is 2. The van der Waals surface area contributed by atoms with Gasteiger partial charge in [0.1, 0.15) is 5.82 Å². The lowest BCUT2D eigenvalue weighted by atomic mass is 9.97. The smallest absolute Gasteiger partial charge is 0.130 e. The normalized spacial score (nSPS) is 12.4. The molecule has 1 atom stereocenters. The van der Waals surface area contributed by atoms with Gasteiger partial charge in [-0.05, 0) is 65.7 Å². The molecular weight excluding hydrogens is 364 g/mol. The fourth-order valence-corrected chi connectivity index (χ4v) is 2.69. The molecule has 0 heterocycles. The Morgan fingerprint density at radius 3 is 2.50 bits per heavy atom. The van der Waals surface area contributed by atoms with E-state index >= 15 is 0 Å². The Morgan fingerprint density at radius 2 is 1.85 bits per heavy atom. The monoisotopic (exact) mass is 383 g/mol. The molecule has 20 heavy (non-hydrogen) atoms. The van der Waals surface area contributed by atoms with E-state index in [0.717, 1.165) is 18.5 Å². The SMILES string of the molecule is CCNC(Cc1ccc(I)cc1)c1cccc(C)c1F. The molecule has 0 aromatic heterocycles. The van der Waals surface area contributed by atoms with E-state index in [2.05, 4.69) is 59.1 Å². The zero-order chi connectivity index (χ0) is 14.5. The van der Waals surface area contributed by atoms with Gasteiger partial charge in [-0.3, -0.25) is 0 Å². The molecule has 0 bridgehead atoms. The van der Waals surface area contributed by atoms with Crippen molar-refractivity contribution in [3.63, 3.8) is 0 Å². The summed E-state index contributed by atoms with van der Waals surface area (Å²) >= 11 is 2.29. The Hall–Kier alpha value is -0.940. The molecule has 1 N–H and O–H groups in total. The van der Waals surface area contributed by atoms with Crippen molar-refractivity contribution in [3.05, 3.63) is 68.5 Å². The molecule has 0 amide bonds. The second-order valence-electron chi connectivity index (χ2n) is 4.92. The second-order valence-corrected chi connectivity index (χ2v) is 6.16. The Bertz CT molecular complexity index is 566. The number of hydrogen-bond acceptors (Lipinski definition) is 1. The summed E-state index contributed by atoms with van der Waals surface area (Å²) < 4.78 is 15.5. The first kappa shape index (κ1) is 15.4. The van der Waals surface area contributed by atoms with Crippen LogP contribution in [0.15, 0.2) is 42.5 Å². The summed E-state index contributed by atoms with van der Waals surface area (Å²) in [5.41, 5.74) is 2.68. The molecule has 2 rings (SSSR count). The van der Waals surface area contributed by atoms with Crippen LogP contribution in [0.1, 0.15) is 29.7 Å². The quantitative estimate of drug-likeness (QED) is 0.743. The summed E-state index contributed by atoms with van der Waals surface area (Å²) in [4.78, 5) is 0. The van der Waals surface area contributed by atoms with Crippen molar-refractivity contribution in [2.45, 2.75) is 26.3 Å². The second kappa shape index (κ2) is 7.18. The molecule has 2 aromatic rings. The van der Waals surface area contributed by atoms with Gasteiger partial charge in [-0.15, -0.1) is 0 Å². The molecule has 106 valence electrons. The fraction of sp³-hybridized carbons (Fsp3) is 0.294. The topological polar surface area (TPSA) is 12.0 Å². The van der Waals surface area contributed by atoms with Crippen molar-refractivity contribution in [1.29, 1.82) is 0 Å². The lowest BCUT2D eigenvalue weighted by molar-refractivity contribution is 0.507. The first-order valence-corrected chi connectivity index (χ1v) is 7.92. The van der Waals surface area contributed by atoms with Gasteiger partial charge in [0.05, 0.1) is 0 Å². The summed E-state index contributed by atoms with van der Waals surface area (Å²) in [5, 5.41) is 3.39. The molecule has 3 heteroatoms. The summed E-state index contributed by atoms with van der Waals surface area (Å²) in [7, 11) is 0. The third kappa shape index (κ3) is 3.79. The van der Waals surface area contributed by atoms with Crippen molar-refractivity contribution in [2.75, 3.05) is 6.54 Å². The number of rotatable bonds is 5. The average Bonchev–Trinajstić information content (AvgIpc) is 2.44. The zero-order valence-corrected chi connectivity index (χ0v) is 13.9. The van der Waals surface area contributed by atoms with Crippen molar-refractivity contribution in [3.8, 4) is 0 Å².